The first kappa shape index (κ1) is 22.6. The summed E-state index contributed by atoms with van der Waals surface area (Å²) in [7, 11) is -3.71. The van der Waals surface area contributed by atoms with E-state index in [1.54, 1.807) is 12.1 Å². The molecule has 0 saturated carbocycles. The molecule has 2 fully saturated rings. The van der Waals surface area contributed by atoms with Gasteiger partial charge < -0.3 is 15.4 Å². The highest BCUT2D eigenvalue weighted by atomic mass is 32.2. The normalized spacial score (nSPS) is 17.8. The van der Waals surface area contributed by atoms with Crippen LogP contribution < -0.4 is 16.0 Å². The number of rotatable bonds is 6. The molecule has 0 atom stereocenters. The van der Waals surface area contributed by atoms with Gasteiger partial charge in [-0.2, -0.15) is 4.31 Å². The summed E-state index contributed by atoms with van der Waals surface area (Å²) in [5, 5.41) is 2.87. The fourth-order valence-corrected chi connectivity index (χ4v) is 6.01. The third-order valence-electron chi connectivity index (χ3n) is 5.49. The van der Waals surface area contributed by atoms with Gasteiger partial charge in [0, 0.05) is 31.9 Å². The zero-order valence-electron chi connectivity index (χ0n) is 17.5. The molecule has 1 aromatic carbocycles. The average Bonchev–Trinajstić information content (AvgIpc) is 3.28. The molecule has 0 bridgehead atoms. The van der Waals surface area contributed by atoms with Crippen LogP contribution in [0.15, 0.2) is 29.3 Å². The number of hydrogen-bond donors (Lipinski definition) is 2. The van der Waals surface area contributed by atoms with Gasteiger partial charge in [-0.25, -0.2) is 13.4 Å². The number of nitrogens with zero attached hydrogens (tertiary/aromatic N) is 3. The topological polar surface area (TPSA) is 135 Å². The molecule has 2 aliphatic rings. The molecule has 12 heteroatoms. The summed E-state index contributed by atoms with van der Waals surface area (Å²) in [6, 6.07) is 4.65. The molecule has 2 aliphatic heterocycles. The average molecular weight is 480 g/mol. The Labute approximate surface area is 190 Å². The number of benzene rings is 1. The van der Waals surface area contributed by atoms with Gasteiger partial charge in [0.2, 0.25) is 10.0 Å². The Balaban J connectivity index is 1.68. The standard InChI is InChI=1S/C20H25N5O5S2/c21-18(26)17-13-22-20(31-17)23-19(27)15-12-14(32(28,29)25-6-2-1-3-7-25)4-5-16(15)24-8-10-30-11-9-24/h4-5,12-13H,1-3,6-11H2,(H2,21,26)(H,22,23,27). The zero-order valence-corrected chi connectivity index (χ0v) is 19.1. The molecule has 32 heavy (non-hydrogen) atoms. The second kappa shape index (κ2) is 9.53. The van der Waals surface area contributed by atoms with Gasteiger partial charge >= 0.3 is 0 Å². The van der Waals surface area contributed by atoms with E-state index in [0.717, 1.165) is 30.6 Å². The number of thiazole rings is 1. The molecule has 1 aromatic heterocycles. The van der Waals surface area contributed by atoms with E-state index < -0.39 is 21.8 Å². The van der Waals surface area contributed by atoms with Crippen molar-refractivity contribution in [3.63, 3.8) is 0 Å². The highest BCUT2D eigenvalue weighted by Gasteiger charge is 2.29. The van der Waals surface area contributed by atoms with Crippen LogP contribution in [-0.2, 0) is 14.8 Å². The monoisotopic (exact) mass is 479 g/mol. The predicted molar refractivity (Wildman–Crippen MR) is 121 cm³/mol. The summed E-state index contributed by atoms with van der Waals surface area (Å²) < 4.78 is 33.2. The van der Waals surface area contributed by atoms with E-state index >= 15 is 0 Å². The molecular formula is C20H25N5O5S2. The lowest BCUT2D eigenvalue weighted by molar-refractivity contribution is 0.100. The van der Waals surface area contributed by atoms with Crippen molar-refractivity contribution in [2.24, 2.45) is 5.73 Å². The zero-order chi connectivity index (χ0) is 22.7. The molecule has 3 N–H and O–H groups in total. The summed E-state index contributed by atoms with van der Waals surface area (Å²) in [5.41, 5.74) is 6.10. The number of primary amides is 1. The lowest BCUT2D eigenvalue weighted by Crippen LogP contribution is -2.38. The van der Waals surface area contributed by atoms with Gasteiger partial charge in [-0.05, 0) is 31.0 Å². The van der Waals surface area contributed by atoms with E-state index in [2.05, 4.69) is 10.3 Å². The second-order valence-corrected chi connectivity index (χ2v) is 10.6. The minimum Gasteiger partial charge on any atom is -0.378 e. The van der Waals surface area contributed by atoms with E-state index in [0.29, 0.717) is 45.1 Å². The summed E-state index contributed by atoms with van der Waals surface area (Å²) >= 11 is 0.960. The molecule has 0 aliphatic carbocycles. The molecule has 4 rings (SSSR count). The van der Waals surface area contributed by atoms with E-state index in [1.807, 2.05) is 4.90 Å². The summed E-state index contributed by atoms with van der Waals surface area (Å²) in [6.45, 7) is 3.16. The third-order valence-corrected chi connectivity index (χ3v) is 8.31. The number of ether oxygens (including phenoxy) is 1. The Morgan fingerprint density at radius 3 is 2.47 bits per heavy atom. The molecule has 10 nitrogen and oxygen atoms in total. The van der Waals surface area contributed by atoms with E-state index in [-0.39, 0.29) is 20.5 Å². The molecule has 3 heterocycles. The van der Waals surface area contributed by atoms with Crippen molar-refractivity contribution in [3.8, 4) is 0 Å². The Kier molecular flexibility index (Phi) is 6.74. The van der Waals surface area contributed by atoms with Gasteiger partial charge in [-0.15, -0.1) is 0 Å². The van der Waals surface area contributed by atoms with Gasteiger partial charge in [0.15, 0.2) is 5.13 Å². The number of piperidine rings is 1. The summed E-state index contributed by atoms with van der Waals surface area (Å²) in [6.07, 6.45) is 3.95. The van der Waals surface area contributed by atoms with Crippen LogP contribution in [0.3, 0.4) is 0 Å². The number of sulfonamides is 1. The maximum absolute atomic E-state index is 13.2. The van der Waals surface area contributed by atoms with Gasteiger partial charge in [0.1, 0.15) is 4.88 Å². The van der Waals surface area contributed by atoms with Crippen molar-refractivity contribution in [2.45, 2.75) is 24.2 Å². The highest BCUT2D eigenvalue weighted by Crippen LogP contribution is 2.29. The first-order valence-corrected chi connectivity index (χ1v) is 12.7. The van der Waals surface area contributed by atoms with Gasteiger partial charge in [0.05, 0.1) is 29.9 Å². The molecular weight excluding hydrogens is 454 g/mol. The first-order chi connectivity index (χ1) is 15.4. The van der Waals surface area contributed by atoms with Crippen LogP contribution in [0.25, 0.3) is 0 Å². The van der Waals surface area contributed by atoms with Crippen LogP contribution >= 0.6 is 11.3 Å². The quantitative estimate of drug-likeness (QED) is 0.641. The number of nitrogens with one attached hydrogen (secondary N) is 1. The van der Waals surface area contributed by atoms with Crippen molar-refractivity contribution < 1.29 is 22.7 Å². The van der Waals surface area contributed by atoms with Gasteiger partial charge in [-0.3, -0.25) is 14.9 Å². The number of hydrogen-bond acceptors (Lipinski definition) is 8. The third kappa shape index (κ3) is 4.77. The van der Waals surface area contributed by atoms with Crippen LogP contribution in [0, 0.1) is 0 Å². The van der Waals surface area contributed by atoms with Gasteiger partial charge in [0.25, 0.3) is 11.8 Å². The Morgan fingerprint density at radius 2 is 1.81 bits per heavy atom. The largest absolute Gasteiger partial charge is 0.378 e. The smallest absolute Gasteiger partial charge is 0.260 e. The number of nitrogens with two attached hydrogens (primary N) is 1. The van der Waals surface area contributed by atoms with Crippen LogP contribution in [0.2, 0.25) is 0 Å². The van der Waals surface area contributed by atoms with Crippen molar-refractivity contribution >= 4 is 44.0 Å². The maximum Gasteiger partial charge on any atom is 0.260 e. The Hall–Kier alpha value is -2.54. The predicted octanol–water partition coefficient (Wildman–Crippen LogP) is 1.51. The maximum atomic E-state index is 13.2. The SMILES string of the molecule is NC(=O)c1cnc(NC(=O)c2cc(S(=O)(=O)N3CCCCC3)ccc2N2CCOCC2)s1. The number of morpholine rings is 1. The Morgan fingerprint density at radius 1 is 1.09 bits per heavy atom. The molecule has 2 saturated heterocycles. The van der Waals surface area contributed by atoms with E-state index in [9.17, 15) is 18.0 Å². The Bertz CT molecular complexity index is 1110. The molecule has 0 spiro atoms. The number of carbonyl (C=O) groups is 2. The fraction of sp³-hybridized carbons (Fsp3) is 0.450. The number of carbonyl (C=O) groups excluding carboxylic acids is 2. The number of aromatic nitrogens is 1. The van der Waals surface area contributed by atoms with E-state index in [4.69, 9.17) is 10.5 Å². The summed E-state index contributed by atoms with van der Waals surface area (Å²) in [4.78, 5) is 30.8. The van der Waals surface area contributed by atoms with Crippen molar-refractivity contribution in [3.05, 3.63) is 34.8 Å². The minimum absolute atomic E-state index is 0.0820. The van der Waals surface area contributed by atoms with Crippen molar-refractivity contribution in [1.29, 1.82) is 0 Å². The van der Waals surface area contributed by atoms with Crippen LogP contribution in [0.4, 0.5) is 10.8 Å². The number of amides is 2. The molecule has 172 valence electrons. The summed E-state index contributed by atoms with van der Waals surface area (Å²) in [5.74, 6) is -1.14. The van der Waals surface area contributed by atoms with E-state index in [1.165, 1.54) is 16.6 Å². The highest BCUT2D eigenvalue weighted by molar-refractivity contribution is 7.89. The lowest BCUT2D eigenvalue weighted by Gasteiger charge is -2.31. The molecule has 2 amide bonds. The number of anilines is 2. The van der Waals surface area contributed by atoms with Crippen LogP contribution in [0.5, 0.6) is 0 Å². The first-order valence-electron chi connectivity index (χ1n) is 10.4. The van der Waals surface area contributed by atoms with Crippen molar-refractivity contribution in [1.82, 2.24) is 9.29 Å². The molecule has 0 radical (unpaired) electrons. The molecule has 2 aromatic rings. The minimum atomic E-state index is -3.71. The lowest BCUT2D eigenvalue weighted by atomic mass is 10.1. The van der Waals surface area contributed by atoms with Gasteiger partial charge in [-0.1, -0.05) is 17.8 Å². The second-order valence-electron chi connectivity index (χ2n) is 7.59. The van der Waals surface area contributed by atoms with Crippen molar-refractivity contribution in [2.75, 3.05) is 49.6 Å². The molecule has 0 unspecified atom stereocenters. The fourth-order valence-electron chi connectivity index (χ4n) is 3.80. The van der Waals surface area contributed by atoms with Crippen LogP contribution in [-0.4, -0.2) is 68.9 Å². The van der Waals surface area contributed by atoms with Crippen LogP contribution in [0.1, 0.15) is 39.3 Å².